The molecule has 0 bridgehead atoms. The number of H-pyrrole nitrogens is 2. The van der Waals surface area contributed by atoms with Gasteiger partial charge in [0.05, 0.1) is 67.7 Å². The lowest BCUT2D eigenvalue weighted by Crippen LogP contribution is -2.53. The maximum atomic E-state index is 13.9. The highest BCUT2D eigenvalue weighted by Gasteiger charge is 2.42. The number of rotatable bonds is 8. The zero-order chi connectivity index (χ0) is 63.0. The SMILES string of the molecule is C[C@@H]1CN(c2ncc([C@@H](C)O)cc2C(F)(F)F)CCN1c1nc2c(-c3ccc(C(F)(F)F)cc3)cc(C(F)(F)F)cc2[nH]1.C[C@H](O)c1cnc(N2CCN(c3nc4c(-c5ccc(C(F)(F)F)cc5)cc(C(F)(F)F)cc4[nH]3)[C@H](C)C2)c(C(F)(F)F)c1. The summed E-state index contributed by atoms with van der Waals surface area (Å²) < 4.78 is 244. The van der Waals surface area contributed by atoms with Crippen LogP contribution >= 0.6 is 0 Å². The van der Waals surface area contributed by atoms with Crippen molar-refractivity contribution < 1.29 is 89.2 Å². The van der Waals surface area contributed by atoms with E-state index in [2.05, 4.69) is 29.9 Å². The Balaban J connectivity index is 0.000000205. The second-order valence-electron chi connectivity index (χ2n) is 20.7. The number of aromatic amines is 2. The lowest BCUT2D eigenvalue weighted by Gasteiger charge is -2.41. The first-order chi connectivity index (χ1) is 39.9. The number of nitrogens with one attached hydrogen (secondary N) is 2. The molecule has 4 atom stereocenters. The molecule has 6 heterocycles. The van der Waals surface area contributed by atoms with Crippen molar-refractivity contribution in [2.45, 2.75) is 89.0 Å². The molecule has 0 spiro atoms. The van der Waals surface area contributed by atoms with E-state index in [4.69, 9.17) is 0 Å². The topological polar surface area (TPSA) is 137 Å². The monoisotopic (exact) mass is 1230 g/mol. The summed E-state index contributed by atoms with van der Waals surface area (Å²) in [5.74, 6) is -0.314. The Labute approximate surface area is 475 Å². The lowest BCUT2D eigenvalue weighted by atomic mass is 9.99. The highest BCUT2D eigenvalue weighted by atomic mass is 19.4. The number of nitrogens with zero attached hydrogens (tertiary/aromatic N) is 8. The third kappa shape index (κ3) is 13.2. The number of fused-ring (bicyclic) bond motifs is 2. The molecule has 12 nitrogen and oxygen atoms in total. The molecule has 0 aliphatic carbocycles. The first kappa shape index (κ1) is 62.5. The number of hydrogen-bond donors (Lipinski definition) is 4. The van der Waals surface area contributed by atoms with Crippen LogP contribution in [0.25, 0.3) is 44.3 Å². The molecular weight excluding hydrogens is 1190 g/mol. The summed E-state index contributed by atoms with van der Waals surface area (Å²) in [6, 6.07) is 11.4. The molecule has 0 unspecified atom stereocenters. The van der Waals surface area contributed by atoms with Gasteiger partial charge in [-0.05, 0) is 111 Å². The van der Waals surface area contributed by atoms with Crippen molar-refractivity contribution in [3.63, 3.8) is 0 Å². The number of pyridine rings is 2. The molecule has 0 radical (unpaired) electrons. The maximum absolute atomic E-state index is 13.9. The molecule has 4 aromatic heterocycles. The molecule has 4 N–H and O–H groups in total. The molecule has 8 aromatic rings. The minimum absolute atomic E-state index is 0.00658. The molecule has 30 heteroatoms. The molecule has 4 aromatic carbocycles. The first-order valence-electron chi connectivity index (χ1n) is 26.0. The summed E-state index contributed by atoms with van der Waals surface area (Å²) in [7, 11) is 0. The molecule has 2 fully saturated rings. The smallest absolute Gasteiger partial charge is 0.389 e. The van der Waals surface area contributed by atoms with E-state index >= 15 is 0 Å². The average molecular weight is 1240 g/mol. The highest BCUT2D eigenvalue weighted by Crippen LogP contribution is 2.44. The van der Waals surface area contributed by atoms with Crippen LogP contribution in [0.15, 0.2) is 97.3 Å². The number of benzene rings is 4. The van der Waals surface area contributed by atoms with Gasteiger partial charge in [-0.15, -0.1) is 0 Å². The predicted molar refractivity (Wildman–Crippen MR) is 281 cm³/mol. The van der Waals surface area contributed by atoms with Crippen LogP contribution in [0.4, 0.5) is 103 Å². The molecule has 10 rings (SSSR count). The Morgan fingerprint density at radius 2 is 0.767 bits per heavy atom. The molecule has 460 valence electrons. The van der Waals surface area contributed by atoms with Gasteiger partial charge in [0.15, 0.2) is 0 Å². The van der Waals surface area contributed by atoms with Crippen molar-refractivity contribution >= 4 is 45.6 Å². The highest BCUT2D eigenvalue weighted by molar-refractivity contribution is 5.95. The van der Waals surface area contributed by atoms with Crippen molar-refractivity contribution in [1.29, 1.82) is 0 Å². The van der Waals surface area contributed by atoms with Crippen LogP contribution in [-0.4, -0.2) is 91.5 Å². The molecule has 2 aliphatic rings. The number of aliphatic hydroxyl groups is 2. The van der Waals surface area contributed by atoms with E-state index < -0.39 is 94.7 Å². The van der Waals surface area contributed by atoms with E-state index in [-0.39, 0.29) is 118 Å². The third-order valence-electron chi connectivity index (χ3n) is 14.6. The van der Waals surface area contributed by atoms with Gasteiger partial charge in [0, 0.05) is 74.9 Å². The van der Waals surface area contributed by atoms with Crippen molar-refractivity contribution in [1.82, 2.24) is 29.9 Å². The molecule has 0 amide bonds. The standard InChI is InChI=1S/2C28H24F9N5O/c2*1-14-13-41(24-21(28(35,36)37)9-17(12-38-24)15(2)43)7-8-42(14)25-39-22-11-19(27(32,33)34)10-20(23(22)40-25)16-3-5-18(6-4-16)26(29,30)31/h2*3-6,9-12,14-15,43H,7-8,13H2,1-2H3,(H,39,40)/t14-,15+;14-,15-/m11/s1. The summed E-state index contributed by atoms with van der Waals surface area (Å²) in [6.45, 7) is 6.54. The van der Waals surface area contributed by atoms with Gasteiger partial charge < -0.3 is 39.8 Å². The van der Waals surface area contributed by atoms with Gasteiger partial charge in [0.25, 0.3) is 0 Å². The molecule has 2 aliphatic heterocycles. The zero-order valence-electron chi connectivity index (χ0n) is 45.1. The zero-order valence-corrected chi connectivity index (χ0v) is 45.1. The molecule has 0 saturated carbocycles. The fraction of sp³-hybridized carbons (Fsp3) is 0.357. The van der Waals surface area contributed by atoms with Crippen molar-refractivity contribution in [2.24, 2.45) is 0 Å². The number of hydrogen-bond acceptors (Lipinski definition) is 10. The van der Waals surface area contributed by atoms with Crippen LogP contribution in [0.2, 0.25) is 0 Å². The summed E-state index contributed by atoms with van der Waals surface area (Å²) in [5.41, 5.74) is -5.72. The first-order valence-corrected chi connectivity index (χ1v) is 26.0. The second kappa shape index (κ2) is 22.7. The van der Waals surface area contributed by atoms with Crippen LogP contribution in [0, 0.1) is 0 Å². The predicted octanol–water partition coefficient (Wildman–Crippen LogP) is 14.9. The summed E-state index contributed by atoms with van der Waals surface area (Å²) in [4.78, 5) is 28.9. The Kier molecular flexibility index (Phi) is 16.5. The van der Waals surface area contributed by atoms with Crippen LogP contribution in [0.5, 0.6) is 0 Å². The molecule has 86 heavy (non-hydrogen) atoms. The van der Waals surface area contributed by atoms with Gasteiger partial charge in [0.1, 0.15) is 11.6 Å². The van der Waals surface area contributed by atoms with E-state index in [1.807, 2.05) is 0 Å². The van der Waals surface area contributed by atoms with Crippen LogP contribution in [-0.2, 0) is 37.1 Å². The lowest BCUT2D eigenvalue weighted by molar-refractivity contribution is -0.138. The van der Waals surface area contributed by atoms with Crippen LogP contribution in [0.3, 0.4) is 0 Å². The van der Waals surface area contributed by atoms with E-state index in [1.165, 1.54) is 36.0 Å². The van der Waals surface area contributed by atoms with E-state index in [0.717, 1.165) is 84.9 Å². The molecular formula is C56H48F18N10O2. The Bertz CT molecular complexity index is 3490. The number of alkyl halides is 18. The van der Waals surface area contributed by atoms with Crippen molar-refractivity contribution in [2.75, 3.05) is 58.9 Å². The fourth-order valence-electron chi connectivity index (χ4n) is 10.2. The van der Waals surface area contributed by atoms with Gasteiger partial charge in [-0.2, -0.15) is 79.0 Å². The van der Waals surface area contributed by atoms with Gasteiger partial charge >= 0.3 is 37.1 Å². The van der Waals surface area contributed by atoms with Gasteiger partial charge in [0.2, 0.25) is 11.9 Å². The third-order valence-corrected chi connectivity index (χ3v) is 14.6. The van der Waals surface area contributed by atoms with E-state index in [9.17, 15) is 89.2 Å². The second-order valence-corrected chi connectivity index (χ2v) is 20.7. The quantitative estimate of drug-likeness (QED) is 0.109. The Morgan fingerprint density at radius 3 is 1.05 bits per heavy atom. The maximum Gasteiger partial charge on any atom is 0.419 e. The fourth-order valence-corrected chi connectivity index (χ4v) is 10.2. The minimum Gasteiger partial charge on any atom is -0.389 e. The number of anilines is 4. The number of aromatic nitrogens is 6. The number of aliphatic hydroxyl groups excluding tert-OH is 2. The summed E-state index contributed by atoms with van der Waals surface area (Å²) >= 11 is 0. The number of piperazine rings is 2. The minimum atomic E-state index is -4.76. The van der Waals surface area contributed by atoms with Crippen LogP contribution in [0.1, 0.15) is 84.4 Å². The Hall–Kier alpha value is -8.02. The normalized spacial score (nSPS) is 17.5. The van der Waals surface area contributed by atoms with Crippen molar-refractivity contribution in [3.8, 4) is 22.3 Å². The van der Waals surface area contributed by atoms with E-state index in [0.29, 0.717) is 0 Å². The van der Waals surface area contributed by atoms with Gasteiger partial charge in [-0.1, -0.05) is 24.3 Å². The summed E-state index contributed by atoms with van der Waals surface area (Å²) in [6.07, 6.45) is -28.2. The van der Waals surface area contributed by atoms with E-state index in [1.54, 1.807) is 23.6 Å². The van der Waals surface area contributed by atoms with Gasteiger partial charge in [-0.3, -0.25) is 0 Å². The largest absolute Gasteiger partial charge is 0.419 e. The van der Waals surface area contributed by atoms with Gasteiger partial charge in [-0.25, -0.2) is 19.9 Å². The van der Waals surface area contributed by atoms with Crippen molar-refractivity contribution in [3.05, 3.63) is 142 Å². The number of halogens is 18. The Morgan fingerprint density at radius 1 is 0.442 bits per heavy atom. The summed E-state index contributed by atoms with van der Waals surface area (Å²) in [5, 5.41) is 19.5. The molecule has 2 saturated heterocycles. The average Bonchev–Trinajstić information content (AvgIpc) is 1.69. The number of imidazole rings is 2. The van der Waals surface area contributed by atoms with Crippen LogP contribution < -0.4 is 19.6 Å².